The molecule has 0 aliphatic heterocycles. The SMILES string of the molecule is C=CCSc1nnc(NC(=O)[C@@H](C)N(c2cc(C)ccc2C)S(C)(=O)=O)s1. The van der Waals surface area contributed by atoms with E-state index in [1.54, 1.807) is 19.1 Å². The Morgan fingerprint density at radius 3 is 2.74 bits per heavy atom. The van der Waals surface area contributed by atoms with Crippen molar-refractivity contribution < 1.29 is 13.2 Å². The van der Waals surface area contributed by atoms with Crippen molar-refractivity contribution >= 4 is 49.8 Å². The van der Waals surface area contributed by atoms with Crippen molar-refractivity contribution in [3.05, 3.63) is 42.0 Å². The molecule has 1 heterocycles. The molecular formula is C17H22N4O3S3. The zero-order valence-corrected chi connectivity index (χ0v) is 18.0. The van der Waals surface area contributed by atoms with Crippen molar-refractivity contribution in [3.8, 4) is 0 Å². The molecule has 0 aliphatic carbocycles. The standard InChI is InChI=1S/C17H22N4O3S3/c1-6-9-25-17-20-19-16(26-17)18-15(22)13(4)21(27(5,23)24)14-10-11(2)7-8-12(14)3/h6-8,10,13H,1,9H2,2-5H3,(H,18,19,22)/t13-/m1/s1. The Labute approximate surface area is 167 Å². The highest BCUT2D eigenvalue weighted by Gasteiger charge is 2.30. The summed E-state index contributed by atoms with van der Waals surface area (Å²) in [6.07, 6.45) is 2.84. The second-order valence-electron chi connectivity index (χ2n) is 5.99. The first-order valence-corrected chi connectivity index (χ1v) is 11.7. The molecule has 7 nitrogen and oxygen atoms in total. The number of carbonyl (C=O) groups excluding carboxylic acids is 1. The Morgan fingerprint density at radius 1 is 1.41 bits per heavy atom. The molecule has 0 bridgehead atoms. The first-order valence-electron chi connectivity index (χ1n) is 8.08. The van der Waals surface area contributed by atoms with Gasteiger partial charge in [0.1, 0.15) is 6.04 Å². The first kappa shape index (κ1) is 21.4. The summed E-state index contributed by atoms with van der Waals surface area (Å²) in [5.74, 6) is 0.214. The van der Waals surface area contributed by atoms with E-state index in [9.17, 15) is 13.2 Å². The van der Waals surface area contributed by atoms with E-state index in [1.807, 2.05) is 26.0 Å². The minimum atomic E-state index is -3.68. The fourth-order valence-corrected chi connectivity index (χ4v) is 5.14. The maximum Gasteiger partial charge on any atom is 0.249 e. The van der Waals surface area contributed by atoms with Crippen LogP contribution in [-0.4, -0.2) is 42.6 Å². The predicted octanol–water partition coefficient (Wildman–Crippen LogP) is 3.23. The summed E-state index contributed by atoms with van der Waals surface area (Å²) in [7, 11) is -3.68. The molecule has 0 radical (unpaired) electrons. The number of aromatic nitrogens is 2. The van der Waals surface area contributed by atoms with Crippen LogP contribution in [0.4, 0.5) is 10.8 Å². The van der Waals surface area contributed by atoms with Crippen LogP contribution in [0.25, 0.3) is 0 Å². The maximum absolute atomic E-state index is 12.7. The molecule has 0 aliphatic rings. The van der Waals surface area contributed by atoms with Crippen molar-refractivity contribution in [2.45, 2.75) is 31.2 Å². The molecule has 1 aromatic carbocycles. The lowest BCUT2D eigenvalue weighted by Gasteiger charge is -2.29. The second-order valence-corrected chi connectivity index (χ2v) is 10.1. The molecule has 0 spiro atoms. The molecule has 10 heteroatoms. The molecule has 1 atom stereocenters. The lowest BCUT2D eigenvalue weighted by molar-refractivity contribution is -0.116. The third-order valence-electron chi connectivity index (χ3n) is 3.65. The summed E-state index contributed by atoms with van der Waals surface area (Å²) in [6, 6.07) is 4.54. The highest BCUT2D eigenvalue weighted by molar-refractivity contribution is 8.01. The molecular weight excluding hydrogens is 404 g/mol. The van der Waals surface area contributed by atoms with Crippen LogP contribution in [0.3, 0.4) is 0 Å². The summed E-state index contributed by atoms with van der Waals surface area (Å²) >= 11 is 2.69. The monoisotopic (exact) mass is 426 g/mol. The normalized spacial score (nSPS) is 12.4. The minimum Gasteiger partial charge on any atom is -0.299 e. The smallest absolute Gasteiger partial charge is 0.249 e. The second kappa shape index (κ2) is 8.85. The summed E-state index contributed by atoms with van der Waals surface area (Å²) in [5.41, 5.74) is 2.16. The molecule has 2 aromatic rings. The van der Waals surface area contributed by atoms with E-state index in [-0.39, 0.29) is 0 Å². The predicted molar refractivity (Wildman–Crippen MR) is 112 cm³/mol. The van der Waals surface area contributed by atoms with Gasteiger partial charge in [0.15, 0.2) is 4.34 Å². The van der Waals surface area contributed by atoms with Crippen molar-refractivity contribution in [1.82, 2.24) is 10.2 Å². The molecule has 0 fully saturated rings. The van der Waals surface area contributed by atoms with E-state index in [0.717, 1.165) is 21.7 Å². The van der Waals surface area contributed by atoms with Gasteiger partial charge in [-0.15, -0.1) is 16.8 Å². The van der Waals surface area contributed by atoms with Crippen LogP contribution in [0.15, 0.2) is 35.2 Å². The zero-order chi connectivity index (χ0) is 20.2. The molecule has 27 heavy (non-hydrogen) atoms. The Bertz CT molecular complexity index is 941. The summed E-state index contributed by atoms with van der Waals surface area (Å²) in [4.78, 5) is 12.7. The number of aryl methyl sites for hydroxylation is 2. The Kier molecular flexibility index (Phi) is 7.01. The number of amides is 1. The van der Waals surface area contributed by atoms with Crippen LogP contribution in [0.2, 0.25) is 0 Å². The van der Waals surface area contributed by atoms with Crippen molar-refractivity contribution in [2.24, 2.45) is 0 Å². The van der Waals surface area contributed by atoms with Gasteiger partial charge in [0.25, 0.3) is 0 Å². The highest BCUT2D eigenvalue weighted by atomic mass is 32.2. The zero-order valence-electron chi connectivity index (χ0n) is 15.6. The van der Waals surface area contributed by atoms with Crippen molar-refractivity contribution in [1.29, 1.82) is 0 Å². The molecule has 1 amide bonds. The van der Waals surface area contributed by atoms with Crippen LogP contribution in [-0.2, 0) is 14.8 Å². The summed E-state index contributed by atoms with van der Waals surface area (Å²) in [6.45, 7) is 8.87. The molecule has 1 N–H and O–H groups in total. The first-order chi connectivity index (χ1) is 12.6. The van der Waals surface area contributed by atoms with E-state index in [4.69, 9.17) is 0 Å². The third kappa shape index (κ3) is 5.53. The minimum absolute atomic E-state index is 0.327. The summed E-state index contributed by atoms with van der Waals surface area (Å²) in [5, 5.41) is 10.9. The van der Waals surface area contributed by atoms with Crippen LogP contribution >= 0.6 is 23.1 Å². The largest absolute Gasteiger partial charge is 0.299 e. The Balaban J connectivity index is 2.26. The Hall–Kier alpha value is -1.91. The third-order valence-corrected chi connectivity index (χ3v) is 6.85. The van der Waals surface area contributed by atoms with Gasteiger partial charge in [0.2, 0.25) is 21.1 Å². The number of benzene rings is 1. The molecule has 1 aromatic heterocycles. The fraction of sp³-hybridized carbons (Fsp3) is 0.353. The highest BCUT2D eigenvalue weighted by Crippen LogP contribution is 2.28. The summed E-state index contributed by atoms with van der Waals surface area (Å²) < 4.78 is 26.7. The van der Waals surface area contributed by atoms with Gasteiger partial charge in [-0.2, -0.15) is 0 Å². The number of anilines is 2. The lowest BCUT2D eigenvalue weighted by Crippen LogP contribution is -2.45. The number of sulfonamides is 1. The van der Waals surface area contributed by atoms with Gasteiger partial charge in [0.05, 0.1) is 11.9 Å². The van der Waals surface area contributed by atoms with Gasteiger partial charge in [-0.1, -0.05) is 41.3 Å². The van der Waals surface area contributed by atoms with Gasteiger partial charge < -0.3 is 0 Å². The topological polar surface area (TPSA) is 92.3 Å². The van der Waals surface area contributed by atoms with Gasteiger partial charge in [-0.25, -0.2) is 8.42 Å². The van der Waals surface area contributed by atoms with E-state index in [0.29, 0.717) is 20.9 Å². The van der Waals surface area contributed by atoms with Crippen LogP contribution < -0.4 is 9.62 Å². The molecule has 146 valence electrons. The van der Waals surface area contributed by atoms with Crippen LogP contribution in [0.1, 0.15) is 18.1 Å². The number of hydrogen-bond donors (Lipinski definition) is 1. The number of carbonyl (C=O) groups is 1. The van der Waals surface area contributed by atoms with Crippen LogP contribution in [0.5, 0.6) is 0 Å². The molecule has 0 unspecified atom stereocenters. The number of thioether (sulfide) groups is 1. The van der Waals surface area contributed by atoms with Gasteiger partial charge in [-0.3, -0.25) is 14.4 Å². The average molecular weight is 427 g/mol. The van der Waals surface area contributed by atoms with Gasteiger partial charge >= 0.3 is 0 Å². The quantitative estimate of drug-likeness (QED) is 0.396. The van der Waals surface area contributed by atoms with Gasteiger partial charge in [-0.05, 0) is 38.0 Å². The van der Waals surface area contributed by atoms with E-state index in [1.165, 1.54) is 23.1 Å². The maximum atomic E-state index is 12.7. The number of nitrogens with zero attached hydrogens (tertiary/aromatic N) is 3. The van der Waals surface area contributed by atoms with Crippen LogP contribution in [0, 0.1) is 13.8 Å². The number of rotatable bonds is 8. The van der Waals surface area contributed by atoms with E-state index >= 15 is 0 Å². The average Bonchev–Trinajstić information content (AvgIpc) is 3.02. The number of nitrogens with one attached hydrogen (secondary N) is 1. The number of hydrogen-bond acceptors (Lipinski definition) is 7. The van der Waals surface area contributed by atoms with E-state index < -0.39 is 22.0 Å². The molecule has 0 saturated carbocycles. The fourth-order valence-electron chi connectivity index (χ4n) is 2.40. The Morgan fingerprint density at radius 2 is 2.11 bits per heavy atom. The van der Waals surface area contributed by atoms with Gasteiger partial charge in [0, 0.05) is 5.75 Å². The molecule has 0 saturated heterocycles. The molecule has 2 rings (SSSR count). The lowest BCUT2D eigenvalue weighted by atomic mass is 10.1. The van der Waals surface area contributed by atoms with E-state index in [2.05, 4.69) is 22.1 Å². The van der Waals surface area contributed by atoms with Crippen molar-refractivity contribution in [3.63, 3.8) is 0 Å². The van der Waals surface area contributed by atoms with Crippen molar-refractivity contribution in [2.75, 3.05) is 21.6 Å².